The summed E-state index contributed by atoms with van der Waals surface area (Å²) in [6.07, 6.45) is 1.53. The van der Waals surface area contributed by atoms with Crippen LogP contribution in [0.3, 0.4) is 0 Å². The second kappa shape index (κ2) is 5.05. The van der Waals surface area contributed by atoms with Gasteiger partial charge in [0.05, 0.1) is 13.1 Å². The average Bonchev–Trinajstić information content (AvgIpc) is 2.97. The molecule has 0 aliphatic carbocycles. The molecule has 3 aliphatic rings. The Morgan fingerprint density at radius 1 is 1.20 bits per heavy atom. The fourth-order valence-electron chi connectivity index (χ4n) is 3.35. The molecule has 110 valence electrons. The first kappa shape index (κ1) is 13.4. The van der Waals surface area contributed by atoms with E-state index in [1.54, 1.807) is 4.90 Å². The Morgan fingerprint density at radius 2 is 2.05 bits per heavy atom. The Labute approximate surface area is 117 Å². The van der Waals surface area contributed by atoms with Gasteiger partial charge in [-0.25, -0.2) is 0 Å². The number of likely N-dealkylation sites (tertiary alicyclic amines) is 1. The number of piperazine rings is 1. The van der Waals surface area contributed by atoms with Crippen molar-refractivity contribution in [3.63, 3.8) is 0 Å². The van der Waals surface area contributed by atoms with Gasteiger partial charge in [0.15, 0.2) is 0 Å². The summed E-state index contributed by atoms with van der Waals surface area (Å²) >= 11 is 0. The van der Waals surface area contributed by atoms with E-state index in [0.29, 0.717) is 26.1 Å². The number of hydrogen-bond donors (Lipinski definition) is 2. The van der Waals surface area contributed by atoms with E-state index >= 15 is 0 Å². The monoisotopic (exact) mass is 280 g/mol. The van der Waals surface area contributed by atoms with Gasteiger partial charge < -0.3 is 15.5 Å². The molecular formula is C13H20N4O3. The molecule has 3 rings (SSSR count). The fraction of sp³-hybridized carbons (Fsp3) is 0.769. The van der Waals surface area contributed by atoms with Crippen molar-refractivity contribution in [2.45, 2.75) is 12.8 Å². The third-order valence-corrected chi connectivity index (χ3v) is 4.46. The van der Waals surface area contributed by atoms with Crippen LogP contribution in [0.4, 0.5) is 0 Å². The molecule has 0 bridgehead atoms. The van der Waals surface area contributed by atoms with E-state index in [0.717, 1.165) is 26.1 Å². The van der Waals surface area contributed by atoms with Crippen LogP contribution in [-0.2, 0) is 14.4 Å². The molecule has 3 aliphatic heterocycles. The van der Waals surface area contributed by atoms with Gasteiger partial charge in [-0.3, -0.25) is 19.3 Å². The van der Waals surface area contributed by atoms with Crippen LogP contribution in [0.5, 0.6) is 0 Å². The molecule has 2 N–H and O–H groups in total. The van der Waals surface area contributed by atoms with E-state index in [1.807, 2.05) is 0 Å². The van der Waals surface area contributed by atoms with Crippen LogP contribution in [0.1, 0.15) is 12.8 Å². The van der Waals surface area contributed by atoms with E-state index < -0.39 is 0 Å². The van der Waals surface area contributed by atoms with Gasteiger partial charge in [0.1, 0.15) is 0 Å². The zero-order chi connectivity index (χ0) is 14.2. The number of nitrogens with zero attached hydrogens (tertiary/aromatic N) is 2. The summed E-state index contributed by atoms with van der Waals surface area (Å²) in [6.45, 7) is 4.00. The van der Waals surface area contributed by atoms with E-state index in [9.17, 15) is 14.4 Å². The molecule has 3 heterocycles. The predicted molar refractivity (Wildman–Crippen MR) is 70.7 cm³/mol. The lowest BCUT2D eigenvalue weighted by molar-refractivity contribution is -0.138. The molecule has 3 fully saturated rings. The van der Waals surface area contributed by atoms with E-state index in [1.165, 1.54) is 0 Å². The van der Waals surface area contributed by atoms with Crippen molar-refractivity contribution in [3.05, 3.63) is 0 Å². The maximum absolute atomic E-state index is 12.2. The fourth-order valence-corrected chi connectivity index (χ4v) is 3.35. The highest BCUT2D eigenvalue weighted by molar-refractivity contribution is 5.86. The Bertz CT molecular complexity index is 453. The van der Waals surface area contributed by atoms with Crippen LogP contribution in [0.15, 0.2) is 0 Å². The first-order valence-corrected chi connectivity index (χ1v) is 7.10. The van der Waals surface area contributed by atoms with Gasteiger partial charge >= 0.3 is 0 Å². The summed E-state index contributed by atoms with van der Waals surface area (Å²) in [5.41, 5.74) is 0.0244. The lowest BCUT2D eigenvalue weighted by Gasteiger charge is -2.29. The minimum absolute atomic E-state index is 0.00850. The van der Waals surface area contributed by atoms with Crippen molar-refractivity contribution < 1.29 is 14.4 Å². The quantitative estimate of drug-likeness (QED) is 0.622. The number of carbonyl (C=O) groups is 3. The number of amides is 3. The summed E-state index contributed by atoms with van der Waals surface area (Å²) in [7, 11) is 0. The van der Waals surface area contributed by atoms with Crippen LogP contribution in [0.2, 0.25) is 0 Å². The molecule has 1 spiro atoms. The second-order valence-corrected chi connectivity index (χ2v) is 6.08. The van der Waals surface area contributed by atoms with E-state index in [2.05, 4.69) is 15.5 Å². The summed E-state index contributed by atoms with van der Waals surface area (Å²) in [4.78, 5) is 38.6. The maximum Gasteiger partial charge on any atom is 0.239 e. The van der Waals surface area contributed by atoms with Crippen LogP contribution in [0.25, 0.3) is 0 Å². The third kappa shape index (κ3) is 2.63. The molecule has 0 aromatic carbocycles. The molecule has 0 saturated carbocycles. The molecule has 0 aromatic rings. The zero-order valence-electron chi connectivity index (χ0n) is 11.5. The number of nitrogens with one attached hydrogen (secondary N) is 2. The van der Waals surface area contributed by atoms with Crippen molar-refractivity contribution in [2.75, 3.05) is 45.8 Å². The largest absolute Gasteiger partial charge is 0.355 e. The summed E-state index contributed by atoms with van der Waals surface area (Å²) in [5.74, 6) is 0.0353. The van der Waals surface area contributed by atoms with Gasteiger partial charge in [-0.1, -0.05) is 0 Å². The zero-order valence-corrected chi connectivity index (χ0v) is 11.5. The van der Waals surface area contributed by atoms with Crippen LogP contribution < -0.4 is 10.6 Å². The van der Waals surface area contributed by atoms with Gasteiger partial charge in [0.25, 0.3) is 0 Å². The summed E-state index contributed by atoms with van der Waals surface area (Å²) < 4.78 is 0. The number of carbonyl (C=O) groups excluding carboxylic acids is 3. The third-order valence-electron chi connectivity index (χ3n) is 4.46. The molecule has 20 heavy (non-hydrogen) atoms. The molecule has 0 aromatic heterocycles. The smallest absolute Gasteiger partial charge is 0.239 e. The highest BCUT2D eigenvalue weighted by Crippen LogP contribution is 2.36. The predicted octanol–water partition coefficient (Wildman–Crippen LogP) is -1.84. The maximum atomic E-state index is 12.2. The molecule has 7 nitrogen and oxygen atoms in total. The lowest BCUT2D eigenvalue weighted by atomic mass is 9.86. The average molecular weight is 280 g/mol. The van der Waals surface area contributed by atoms with E-state index in [-0.39, 0.29) is 29.7 Å². The van der Waals surface area contributed by atoms with Crippen LogP contribution in [0, 0.1) is 5.41 Å². The Morgan fingerprint density at radius 3 is 2.75 bits per heavy atom. The van der Waals surface area contributed by atoms with E-state index in [4.69, 9.17) is 0 Å². The first-order chi connectivity index (χ1) is 9.56. The normalized spacial score (nSPS) is 30.7. The van der Waals surface area contributed by atoms with Crippen LogP contribution in [-0.4, -0.2) is 73.3 Å². The SMILES string of the molecule is O=C1CN(C(=O)CN2CCC3(CNC(=O)C3)C2)CCN1. The molecule has 7 heteroatoms. The van der Waals surface area contributed by atoms with Gasteiger partial charge in [-0.15, -0.1) is 0 Å². The Kier molecular flexibility index (Phi) is 3.37. The highest BCUT2D eigenvalue weighted by atomic mass is 16.2. The molecule has 3 saturated heterocycles. The summed E-state index contributed by atoms with van der Waals surface area (Å²) in [5, 5.41) is 5.59. The van der Waals surface area contributed by atoms with Crippen molar-refractivity contribution in [1.82, 2.24) is 20.4 Å². The molecule has 1 unspecified atom stereocenters. The molecular weight excluding hydrogens is 260 g/mol. The second-order valence-electron chi connectivity index (χ2n) is 6.08. The number of hydrogen-bond acceptors (Lipinski definition) is 4. The van der Waals surface area contributed by atoms with Gasteiger partial charge in [0, 0.05) is 38.0 Å². The summed E-state index contributed by atoms with van der Waals surface area (Å²) in [6, 6.07) is 0. The van der Waals surface area contributed by atoms with Crippen LogP contribution >= 0.6 is 0 Å². The van der Waals surface area contributed by atoms with Gasteiger partial charge in [0.2, 0.25) is 17.7 Å². The number of rotatable bonds is 2. The standard InChI is InChI=1S/C13H20N4O3/c18-10-5-13(8-15-10)1-3-16(9-13)7-12(20)17-4-2-14-11(19)6-17/h1-9H2,(H,14,19)(H,15,18). The molecule has 3 amide bonds. The highest BCUT2D eigenvalue weighted by Gasteiger charge is 2.44. The van der Waals surface area contributed by atoms with Crippen molar-refractivity contribution >= 4 is 17.7 Å². The molecule has 0 radical (unpaired) electrons. The van der Waals surface area contributed by atoms with Crippen molar-refractivity contribution in [1.29, 1.82) is 0 Å². The Balaban J connectivity index is 1.53. The topological polar surface area (TPSA) is 81.8 Å². The van der Waals surface area contributed by atoms with Crippen molar-refractivity contribution in [3.8, 4) is 0 Å². The first-order valence-electron chi connectivity index (χ1n) is 7.10. The minimum Gasteiger partial charge on any atom is -0.355 e. The van der Waals surface area contributed by atoms with Gasteiger partial charge in [-0.05, 0) is 13.0 Å². The van der Waals surface area contributed by atoms with Crippen molar-refractivity contribution in [2.24, 2.45) is 5.41 Å². The molecule has 1 atom stereocenters. The minimum atomic E-state index is -0.0897. The lowest BCUT2D eigenvalue weighted by Crippen LogP contribution is -2.52. The Hall–Kier alpha value is -1.63. The van der Waals surface area contributed by atoms with Gasteiger partial charge in [-0.2, -0.15) is 0 Å².